The highest BCUT2D eigenvalue weighted by Gasteiger charge is 2.42. The molecule has 1 aromatic rings. The number of hydrogen-bond donors (Lipinski definition) is 2. The first-order chi connectivity index (χ1) is 9.82. The second-order valence-electron chi connectivity index (χ2n) is 5.33. The fraction of sp³-hybridized carbons (Fsp3) is 0.500. The molecule has 0 radical (unpaired) electrons. The van der Waals surface area contributed by atoms with Crippen LogP contribution >= 0.6 is 0 Å². The number of aryl methyl sites for hydroxylation is 1. The number of nitrogens with two attached hydrogens (primary N) is 1. The largest absolute Gasteiger partial charge is 0.393 e. The summed E-state index contributed by atoms with van der Waals surface area (Å²) in [5.74, 6) is 3.51. The number of nitrogen functional groups attached to an aromatic ring is 1. The van der Waals surface area contributed by atoms with E-state index in [1.54, 1.807) is 18.2 Å². The maximum absolute atomic E-state index is 12.8. The molecule has 0 aliphatic carbocycles. The number of nitrogens with zero attached hydrogens (tertiary/aromatic N) is 1. The molecule has 1 heterocycles. The molecule has 4 nitrogen and oxygen atoms in total. The van der Waals surface area contributed by atoms with Gasteiger partial charge in [-0.05, 0) is 37.5 Å². The average Bonchev–Trinajstić information content (AvgIpc) is 2.45. The number of amides is 1. The molecule has 1 unspecified atom stereocenters. The van der Waals surface area contributed by atoms with Gasteiger partial charge in [-0.25, -0.2) is 0 Å². The Labute approximate surface area is 121 Å². The Bertz CT molecular complexity index is 531. The Hall–Kier alpha value is -1.76. The minimum absolute atomic E-state index is 0.0726. The molecule has 1 saturated heterocycles. The number of hydrazine groups is 1. The Morgan fingerprint density at radius 1 is 1.43 bits per heavy atom. The van der Waals surface area contributed by atoms with Gasteiger partial charge in [-0.1, -0.05) is 6.07 Å². The van der Waals surface area contributed by atoms with Gasteiger partial charge in [0.15, 0.2) is 0 Å². The van der Waals surface area contributed by atoms with Crippen LogP contribution in [0, 0.1) is 12.8 Å². The number of benzene rings is 1. The molecule has 2 rings (SSSR count). The van der Waals surface area contributed by atoms with E-state index in [1.807, 2.05) is 6.92 Å². The van der Waals surface area contributed by atoms with E-state index < -0.39 is 18.0 Å². The summed E-state index contributed by atoms with van der Waals surface area (Å²) in [5.41, 5.74) is 4.06. The van der Waals surface area contributed by atoms with Gasteiger partial charge < -0.3 is 10.3 Å². The predicted molar refractivity (Wildman–Crippen MR) is 73.7 cm³/mol. The molecule has 0 saturated carbocycles. The lowest BCUT2D eigenvalue weighted by molar-refractivity contribution is -0.184. The lowest BCUT2D eigenvalue weighted by Gasteiger charge is -2.34. The van der Waals surface area contributed by atoms with Gasteiger partial charge in [0.2, 0.25) is 0 Å². The highest BCUT2D eigenvalue weighted by Crippen LogP contribution is 2.34. The van der Waals surface area contributed by atoms with Gasteiger partial charge in [0.25, 0.3) is 5.91 Å². The monoisotopic (exact) mass is 301 g/mol. The number of likely N-dealkylation sites (tertiary alicyclic amines) is 1. The quantitative estimate of drug-likeness (QED) is 0.652. The number of halogens is 3. The van der Waals surface area contributed by atoms with Gasteiger partial charge in [0.05, 0.1) is 17.2 Å². The van der Waals surface area contributed by atoms with E-state index in [-0.39, 0.29) is 13.0 Å². The van der Waals surface area contributed by atoms with Gasteiger partial charge >= 0.3 is 6.18 Å². The average molecular weight is 301 g/mol. The second kappa shape index (κ2) is 5.93. The summed E-state index contributed by atoms with van der Waals surface area (Å²) in [6.45, 7) is 1.89. The second-order valence-corrected chi connectivity index (χ2v) is 5.33. The molecule has 1 aliphatic heterocycles. The Morgan fingerprint density at radius 2 is 2.14 bits per heavy atom. The number of anilines is 1. The maximum Gasteiger partial charge on any atom is 0.393 e. The number of carbonyl (C=O) groups is 1. The molecule has 21 heavy (non-hydrogen) atoms. The van der Waals surface area contributed by atoms with Crippen molar-refractivity contribution < 1.29 is 18.0 Å². The van der Waals surface area contributed by atoms with E-state index in [0.717, 1.165) is 5.56 Å². The van der Waals surface area contributed by atoms with Crippen LogP contribution in [0.25, 0.3) is 0 Å². The van der Waals surface area contributed by atoms with Crippen molar-refractivity contribution in [1.82, 2.24) is 4.90 Å². The molecule has 1 amide bonds. The van der Waals surface area contributed by atoms with Crippen molar-refractivity contribution in [3.63, 3.8) is 0 Å². The van der Waals surface area contributed by atoms with Gasteiger partial charge in [0.1, 0.15) is 0 Å². The molecule has 1 aromatic carbocycles. The molecule has 7 heteroatoms. The fourth-order valence-electron chi connectivity index (χ4n) is 2.56. The summed E-state index contributed by atoms with van der Waals surface area (Å²) < 4.78 is 38.4. The van der Waals surface area contributed by atoms with Crippen LogP contribution in [-0.4, -0.2) is 30.1 Å². The van der Waals surface area contributed by atoms with Crippen LogP contribution < -0.4 is 11.3 Å². The maximum atomic E-state index is 12.8. The van der Waals surface area contributed by atoms with Crippen molar-refractivity contribution in [1.29, 1.82) is 0 Å². The van der Waals surface area contributed by atoms with E-state index in [9.17, 15) is 18.0 Å². The number of rotatable bonds is 2. The molecule has 0 aromatic heterocycles. The summed E-state index contributed by atoms with van der Waals surface area (Å²) >= 11 is 0. The van der Waals surface area contributed by atoms with Crippen molar-refractivity contribution in [3.8, 4) is 0 Å². The highest BCUT2D eigenvalue weighted by atomic mass is 19.4. The van der Waals surface area contributed by atoms with Crippen molar-refractivity contribution in [2.24, 2.45) is 11.8 Å². The smallest absolute Gasteiger partial charge is 0.338 e. The SMILES string of the molecule is Cc1ccc(C(=O)N2CCCC(C(F)(F)F)C2)c(NN)c1. The van der Waals surface area contributed by atoms with Gasteiger partial charge in [-0.15, -0.1) is 0 Å². The Kier molecular flexibility index (Phi) is 4.41. The van der Waals surface area contributed by atoms with Crippen LogP contribution in [0.1, 0.15) is 28.8 Å². The minimum Gasteiger partial charge on any atom is -0.338 e. The van der Waals surface area contributed by atoms with Crippen LogP contribution in [0.5, 0.6) is 0 Å². The number of nitrogens with one attached hydrogen (secondary N) is 1. The summed E-state index contributed by atoms with van der Waals surface area (Å²) in [6.07, 6.45) is -3.84. The van der Waals surface area contributed by atoms with E-state index in [4.69, 9.17) is 5.84 Å². The zero-order chi connectivity index (χ0) is 15.6. The third-order valence-electron chi connectivity index (χ3n) is 3.73. The van der Waals surface area contributed by atoms with E-state index in [0.29, 0.717) is 24.2 Å². The third kappa shape index (κ3) is 3.47. The molecule has 116 valence electrons. The zero-order valence-electron chi connectivity index (χ0n) is 11.7. The number of piperidine rings is 1. The summed E-state index contributed by atoms with van der Waals surface area (Å²) in [5, 5.41) is 0. The number of alkyl halides is 3. The molecule has 0 bridgehead atoms. The first-order valence-corrected chi connectivity index (χ1v) is 6.76. The molecule has 1 aliphatic rings. The Morgan fingerprint density at radius 3 is 2.76 bits per heavy atom. The van der Waals surface area contributed by atoms with E-state index >= 15 is 0 Å². The first kappa shape index (κ1) is 15.6. The standard InChI is InChI=1S/C14H18F3N3O/c1-9-4-5-11(12(7-9)19-18)13(21)20-6-2-3-10(8-20)14(15,16)17/h4-5,7,10,19H,2-3,6,8,18H2,1H3. The predicted octanol–water partition coefficient (Wildman–Crippen LogP) is 2.70. The first-order valence-electron chi connectivity index (χ1n) is 6.76. The third-order valence-corrected chi connectivity index (χ3v) is 3.73. The normalized spacial score (nSPS) is 19.5. The van der Waals surface area contributed by atoms with Gasteiger partial charge in [-0.3, -0.25) is 10.6 Å². The van der Waals surface area contributed by atoms with Crippen LogP contribution in [-0.2, 0) is 0 Å². The Balaban J connectivity index is 2.20. The highest BCUT2D eigenvalue weighted by molar-refractivity contribution is 5.99. The van der Waals surface area contributed by atoms with E-state index in [1.165, 1.54) is 4.90 Å². The van der Waals surface area contributed by atoms with Crippen LogP contribution in [0.15, 0.2) is 18.2 Å². The molecular formula is C14H18F3N3O. The zero-order valence-corrected chi connectivity index (χ0v) is 11.7. The number of hydrogen-bond acceptors (Lipinski definition) is 3. The van der Waals surface area contributed by atoms with Crippen molar-refractivity contribution >= 4 is 11.6 Å². The summed E-state index contributed by atoms with van der Waals surface area (Å²) in [4.78, 5) is 13.7. The van der Waals surface area contributed by atoms with Gasteiger partial charge in [-0.2, -0.15) is 13.2 Å². The van der Waals surface area contributed by atoms with Gasteiger partial charge in [0, 0.05) is 13.1 Å². The molecule has 3 N–H and O–H groups in total. The lowest BCUT2D eigenvalue weighted by Crippen LogP contribution is -2.44. The molecule has 0 spiro atoms. The van der Waals surface area contributed by atoms with Crippen molar-refractivity contribution in [2.75, 3.05) is 18.5 Å². The molecule has 1 atom stereocenters. The van der Waals surface area contributed by atoms with Crippen LogP contribution in [0.3, 0.4) is 0 Å². The van der Waals surface area contributed by atoms with Crippen LogP contribution in [0.4, 0.5) is 18.9 Å². The molecular weight excluding hydrogens is 283 g/mol. The lowest BCUT2D eigenvalue weighted by atomic mass is 9.96. The van der Waals surface area contributed by atoms with E-state index in [2.05, 4.69) is 5.43 Å². The topological polar surface area (TPSA) is 58.4 Å². The number of carbonyl (C=O) groups excluding carboxylic acids is 1. The van der Waals surface area contributed by atoms with Crippen LogP contribution in [0.2, 0.25) is 0 Å². The fourth-order valence-corrected chi connectivity index (χ4v) is 2.56. The van der Waals surface area contributed by atoms with Crippen molar-refractivity contribution in [2.45, 2.75) is 25.9 Å². The summed E-state index contributed by atoms with van der Waals surface area (Å²) in [7, 11) is 0. The summed E-state index contributed by atoms with van der Waals surface area (Å²) in [6, 6.07) is 5.02. The molecule has 1 fully saturated rings. The van der Waals surface area contributed by atoms with Crippen molar-refractivity contribution in [3.05, 3.63) is 29.3 Å². The minimum atomic E-state index is -4.26.